The van der Waals surface area contributed by atoms with Crippen molar-refractivity contribution >= 4 is 11.5 Å². The minimum atomic E-state index is -0.662. The number of rotatable bonds is 5. The van der Waals surface area contributed by atoms with Gasteiger partial charge >= 0.3 is 0 Å². The van der Waals surface area contributed by atoms with Crippen LogP contribution >= 0.6 is 0 Å². The summed E-state index contributed by atoms with van der Waals surface area (Å²) >= 11 is 0. The van der Waals surface area contributed by atoms with Gasteiger partial charge in [-0.1, -0.05) is 0 Å². The molecule has 0 unspecified atom stereocenters. The Balaban J connectivity index is 1.40. The highest BCUT2D eigenvalue weighted by Gasteiger charge is 2.13. The zero-order valence-corrected chi connectivity index (χ0v) is 17.5. The van der Waals surface area contributed by atoms with E-state index in [1.54, 1.807) is 41.3 Å². The number of aryl methyl sites for hydroxylation is 1. The minimum Gasteiger partial charge on any atom is -0.506 e. The third-order valence-corrected chi connectivity index (χ3v) is 5.14. The summed E-state index contributed by atoms with van der Waals surface area (Å²) in [4.78, 5) is 17.3. The van der Waals surface area contributed by atoms with Gasteiger partial charge in [-0.05, 0) is 42.8 Å². The van der Waals surface area contributed by atoms with Gasteiger partial charge in [0.05, 0.1) is 11.9 Å². The van der Waals surface area contributed by atoms with Crippen LogP contribution in [0.4, 0.5) is 14.6 Å². The van der Waals surface area contributed by atoms with Crippen LogP contribution in [-0.2, 0) is 6.54 Å². The molecule has 7 nitrogen and oxygen atoms in total. The molecular formula is C24H18F2N6O. The molecule has 4 aromatic heterocycles. The molecule has 0 saturated heterocycles. The molecule has 0 aliphatic heterocycles. The molecule has 0 bridgehead atoms. The number of imidazole rings is 1. The number of anilines is 1. The molecule has 9 heteroatoms. The first kappa shape index (κ1) is 20.5. The van der Waals surface area contributed by atoms with Crippen LogP contribution in [0.1, 0.15) is 11.3 Å². The largest absolute Gasteiger partial charge is 0.506 e. The minimum absolute atomic E-state index is 0.0577. The zero-order chi connectivity index (χ0) is 22.9. The molecule has 164 valence electrons. The summed E-state index contributed by atoms with van der Waals surface area (Å²) < 4.78 is 29.0. The first-order chi connectivity index (χ1) is 16.0. The number of benzene rings is 1. The van der Waals surface area contributed by atoms with Crippen molar-refractivity contribution in [3.05, 3.63) is 90.3 Å². The standard InChI is InChI=1S/C24H18F2N6O/c1-14-6-16(2-3-27-14)22-21(33)7-15(11-29-22)12-30-23-24-31-13-20(32(24)5-4-28-23)17-8-18(25)10-19(26)9-17/h2-11,13,33H,12H2,1H3,(H,28,30). The predicted molar refractivity (Wildman–Crippen MR) is 120 cm³/mol. The van der Waals surface area contributed by atoms with E-state index in [1.165, 1.54) is 18.3 Å². The lowest BCUT2D eigenvalue weighted by Gasteiger charge is -2.10. The highest BCUT2D eigenvalue weighted by molar-refractivity contribution is 5.71. The van der Waals surface area contributed by atoms with Gasteiger partial charge in [0.1, 0.15) is 23.1 Å². The molecule has 4 heterocycles. The van der Waals surface area contributed by atoms with Gasteiger partial charge in [0.2, 0.25) is 0 Å². The third kappa shape index (κ3) is 4.08. The van der Waals surface area contributed by atoms with Crippen LogP contribution < -0.4 is 5.32 Å². The number of aromatic hydroxyl groups is 1. The summed E-state index contributed by atoms with van der Waals surface area (Å²) in [6.07, 6.45) is 8.12. The van der Waals surface area contributed by atoms with E-state index in [4.69, 9.17) is 0 Å². The maximum atomic E-state index is 13.7. The fraction of sp³-hybridized carbons (Fsp3) is 0.0833. The molecule has 0 saturated carbocycles. The quantitative estimate of drug-likeness (QED) is 0.407. The van der Waals surface area contributed by atoms with Crippen molar-refractivity contribution in [1.82, 2.24) is 24.3 Å². The van der Waals surface area contributed by atoms with E-state index in [-0.39, 0.29) is 5.75 Å². The predicted octanol–water partition coefficient (Wildman–Crippen LogP) is 4.76. The topological polar surface area (TPSA) is 88.2 Å². The summed E-state index contributed by atoms with van der Waals surface area (Å²) in [6, 6.07) is 8.60. The van der Waals surface area contributed by atoms with Crippen molar-refractivity contribution in [3.63, 3.8) is 0 Å². The summed E-state index contributed by atoms with van der Waals surface area (Å²) in [6.45, 7) is 2.21. The summed E-state index contributed by atoms with van der Waals surface area (Å²) in [5.74, 6) is -0.786. The Labute approximate surface area is 187 Å². The van der Waals surface area contributed by atoms with Gasteiger partial charge in [-0.15, -0.1) is 0 Å². The van der Waals surface area contributed by atoms with Crippen LogP contribution in [0.2, 0.25) is 0 Å². The Bertz CT molecular complexity index is 1460. The summed E-state index contributed by atoms with van der Waals surface area (Å²) in [5.41, 5.74) is 4.23. The van der Waals surface area contributed by atoms with Crippen molar-refractivity contribution < 1.29 is 13.9 Å². The van der Waals surface area contributed by atoms with Gasteiger partial charge in [0.25, 0.3) is 0 Å². The molecule has 5 rings (SSSR count). The third-order valence-electron chi connectivity index (χ3n) is 5.14. The van der Waals surface area contributed by atoms with Crippen LogP contribution in [-0.4, -0.2) is 29.4 Å². The van der Waals surface area contributed by atoms with Crippen molar-refractivity contribution in [1.29, 1.82) is 0 Å². The highest BCUT2D eigenvalue weighted by Crippen LogP contribution is 2.28. The van der Waals surface area contributed by atoms with Crippen LogP contribution in [0, 0.1) is 18.6 Å². The molecular weight excluding hydrogens is 426 g/mol. The van der Waals surface area contributed by atoms with Crippen molar-refractivity contribution in [3.8, 4) is 28.3 Å². The maximum absolute atomic E-state index is 13.7. The van der Waals surface area contributed by atoms with Crippen LogP contribution in [0.25, 0.3) is 28.2 Å². The van der Waals surface area contributed by atoms with E-state index in [2.05, 4.69) is 25.3 Å². The fourth-order valence-electron chi connectivity index (χ4n) is 3.65. The molecule has 0 radical (unpaired) electrons. The van der Waals surface area contributed by atoms with Gasteiger partial charge in [-0.2, -0.15) is 0 Å². The number of hydrogen-bond donors (Lipinski definition) is 2. The van der Waals surface area contributed by atoms with Crippen molar-refractivity contribution in [2.24, 2.45) is 0 Å². The van der Waals surface area contributed by atoms with Crippen LogP contribution in [0.15, 0.2) is 67.4 Å². The highest BCUT2D eigenvalue weighted by atomic mass is 19.1. The average molecular weight is 444 g/mol. The lowest BCUT2D eigenvalue weighted by atomic mass is 10.1. The second-order valence-corrected chi connectivity index (χ2v) is 7.52. The maximum Gasteiger partial charge on any atom is 0.180 e. The second-order valence-electron chi connectivity index (χ2n) is 7.52. The number of halogens is 2. The number of nitrogens with zero attached hydrogens (tertiary/aromatic N) is 5. The van der Waals surface area contributed by atoms with E-state index in [1.807, 2.05) is 13.0 Å². The van der Waals surface area contributed by atoms with E-state index in [0.717, 1.165) is 22.9 Å². The second kappa shape index (κ2) is 8.27. The van der Waals surface area contributed by atoms with Crippen LogP contribution in [0.5, 0.6) is 5.75 Å². The number of nitrogens with one attached hydrogen (secondary N) is 1. The zero-order valence-electron chi connectivity index (χ0n) is 17.5. The Morgan fingerprint density at radius 1 is 0.909 bits per heavy atom. The monoisotopic (exact) mass is 444 g/mol. The molecule has 0 aliphatic rings. The van der Waals surface area contributed by atoms with Gasteiger partial charge in [-0.25, -0.2) is 18.7 Å². The molecule has 0 amide bonds. The lowest BCUT2D eigenvalue weighted by molar-refractivity contribution is 0.474. The SMILES string of the molecule is Cc1cc(-c2ncc(CNc3nccn4c(-c5cc(F)cc(F)c5)cnc34)cc2O)ccn1. The number of hydrogen-bond acceptors (Lipinski definition) is 6. The van der Waals surface area contributed by atoms with Gasteiger partial charge < -0.3 is 10.4 Å². The smallest absolute Gasteiger partial charge is 0.180 e. The molecule has 2 N–H and O–H groups in total. The normalized spacial score (nSPS) is 11.1. The van der Waals surface area contributed by atoms with E-state index in [0.29, 0.717) is 35.0 Å². The Hall–Kier alpha value is -4.40. The summed E-state index contributed by atoms with van der Waals surface area (Å²) in [5, 5.41) is 13.7. The fourth-order valence-corrected chi connectivity index (χ4v) is 3.65. The number of pyridine rings is 2. The number of fused-ring (bicyclic) bond motifs is 1. The van der Waals surface area contributed by atoms with Crippen molar-refractivity contribution in [2.75, 3.05) is 5.32 Å². The van der Waals surface area contributed by atoms with Gasteiger partial charge in [0, 0.05) is 54.2 Å². The van der Waals surface area contributed by atoms with Crippen molar-refractivity contribution in [2.45, 2.75) is 13.5 Å². The molecule has 33 heavy (non-hydrogen) atoms. The molecule has 5 aromatic rings. The average Bonchev–Trinajstić information content (AvgIpc) is 3.22. The Morgan fingerprint density at radius 3 is 2.48 bits per heavy atom. The first-order valence-electron chi connectivity index (χ1n) is 10.1. The van der Waals surface area contributed by atoms with E-state index >= 15 is 0 Å². The molecule has 0 atom stereocenters. The van der Waals surface area contributed by atoms with Gasteiger partial charge in [0.15, 0.2) is 11.5 Å². The molecule has 0 fully saturated rings. The molecule has 1 aromatic carbocycles. The molecule has 0 spiro atoms. The molecule has 0 aliphatic carbocycles. The Morgan fingerprint density at radius 2 is 1.73 bits per heavy atom. The lowest BCUT2D eigenvalue weighted by Crippen LogP contribution is -2.04. The van der Waals surface area contributed by atoms with Crippen LogP contribution in [0.3, 0.4) is 0 Å². The van der Waals surface area contributed by atoms with E-state index in [9.17, 15) is 13.9 Å². The Kier molecular flexibility index (Phi) is 5.14. The van der Waals surface area contributed by atoms with E-state index < -0.39 is 11.6 Å². The van der Waals surface area contributed by atoms with Gasteiger partial charge in [-0.3, -0.25) is 14.4 Å². The number of aromatic nitrogens is 5. The first-order valence-corrected chi connectivity index (χ1v) is 10.1. The summed E-state index contributed by atoms with van der Waals surface area (Å²) in [7, 11) is 0.